The summed E-state index contributed by atoms with van der Waals surface area (Å²) in [5.74, 6) is 0.487. The smallest absolute Gasteiger partial charge is 0.233 e. The van der Waals surface area contributed by atoms with E-state index in [1.54, 1.807) is 0 Å². The van der Waals surface area contributed by atoms with Gasteiger partial charge in [-0.05, 0) is 29.9 Å². The normalized spacial score (nSPS) is 16.2. The Morgan fingerprint density at radius 3 is 2.37 bits per heavy atom. The first-order valence-corrected chi connectivity index (χ1v) is 7.03. The molecule has 1 aliphatic carbocycles. The lowest BCUT2D eigenvalue weighted by Gasteiger charge is -2.14. The van der Waals surface area contributed by atoms with Crippen LogP contribution in [0, 0.1) is 5.41 Å². The minimum absolute atomic E-state index is 0.0343. The number of carbonyl (C=O) groups excluding carboxylic acids is 1. The third-order valence-electron chi connectivity index (χ3n) is 3.76. The molecule has 4 heteroatoms. The number of nitrogens with two attached hydrogens (primary N) is 1. The Labute approximate surface area is 119 Å². The Kier molecular flexibility index (Phi) is 3.90. The summed E-state index contributed by atoms with van der Waals surface area (Å²) in [7, 11) is 0. The zero-order chi connectivity index (χ0) is 14.0. The van der Waals surface area contributed by atoms with E-state index < -0.39 is 5.41 Å². The van der Waals surface area contributed by atoms with Gasteiger partial charge in [0.05, 0.1) is 10.4 Å². The van der Waals surface area contributed by atoms with Gasteiger partial charge in [0.2, 0.25) is 5.91 Å². The van der Waals surface area contributed by atoms with Crippen molar-refractivity contribution >= 4 is 23.1 Å². The van der Waals surface area contributed by atoms with E-state index in [0.29, 0.717) is 17.5 Å². The van der Waals surface area contributed by atoms with Gasteiger partial charge in [-0.15, -0.1) is 0 Å². The van der Waals surface area contributed by atoms with E-state index in [-0.39, 0.29) is 5.91 Å². The summed E-state index contributed by atoms with van der Waals surface area (Å²) < 4.78 is 0. The predicted molar refractivity (Wildman–Crippen MR) is 80.8 cm³/mol. The molecule has 3 N–H and O–H groups in total. The largest absolute Gasteiger partial charge is 0.392 e. The van der Waals surface area contributed by atoms with Crippen molar-refractivity contribution < 1.29 is 4.79 Å². The molecule has 3 nitrogen and oxygen atoms in total. The van der Waals surface area contributed by atoms with Crippen LogP contribution in [0.3, 0.4) is 0 Å². The molecule has 1 aliphatic rings. The fourth-order valence-corrected chi connectivity index (χ4v) is 2.38. The first-order chi connectivity index (χ1) is 8.95. The van der Waals surface area contributed by atoms with Gasteiger partial charge in [-0.2, -0.15) is 0 Å². The second kappa shape index (κ2) is 5.29. The lowest BCUT2D eigenvalue weighted by molar-refractivity contribution is -0.124. The molecule has 0 aliphatic heterocycles. The minimum atomic E-state index is -0.562. The summed E-state index contributed by atoms with van der Waals surface area (Å²) in [5.41, 5.74) is 7.46. The molecule has 102 valence electrons. The standard InChI is InChI=1S/C15H20N2OS/c1-10(2)12-5-3-11(4-6-12)9-17-14(18)15(7-8-15)13(16)19/h3-6,10H,7-9H2,1-2H3,(H2,16,19)(H,17,18). The molecule has 1 fully saturated rings. The van der Waals surface area contributed by atoms with Gasteiger partial charge in [0.15, 0.2) is 0 Å². The number of thiocarbonyl (C=S) groups is 1. The third-order valence-corrected chi connectivity index (χ3v) is 4.15. The highest BCUT2D eigenvalue weighted by Gasteiger charge is 2.52. The average molecular weight is 276 g/mol. The summed E-state index contributed by atoms with van der Waals surface area (Å²) in [6.45, 7) is 4.85. The van der Waals surface area contributed by atoms with E-state index in [4.69, 9.17) is 18.0 Å². The summed E-state index contributed by atoms with van der Waals surface area (Å²) in [5, 5.41) is 2.93. The van der Waals surface area contributed by atoms with Crippen molar-refractivity contribution in [2.24, 2.45) is 11.1 Å². The fraction of sp³-hybridized carbons (Fsp3) is 0.467. The van der Waals surface area contributed by atoms with Crippen molar-refractivity contribution in [2.45, 2.75) is 39.2 Å². The quantitative estimate of drug-likeness (QED) is 0.812. The van der Waals surface area contributed by atoms with Gasteiger partial charge in [0.25, 0.3) is 0 Å². The van der Waals surface area contributed by atoms with Crippen molar-refractivity contribution in [3.8, 4) is 0 Å². The van der Waals surface area contributed by atoms with Crippen molar-refractivity contribution in [3.63, 3.8) is 0 Å². The van der Waals surface area contributed by atoms with Crippen molar-refractivity contribution in [1.82, 2.24) is 5.32 Å². The van der Waals surface area contributed by atoms with E-state index in [9.17, 15) is 4.79 Å². The van der Waals surface area contributed by atoms with Gasteiger partial charge < -0.3 is 11.1 Å². The predicted octanol–water partition coefficient (Wildman–Crippen LogP) is 2.49. The molecular formula is C15H20N2OS. The fourth-order valence-electron chi connectivity index (χ4n) is 2.08. The zero-order valence-corrected chi connectivity index (χ0v) is 12.2. The molecule has 1 aromatic carbocycles. The second-order valence-corrected chi connectivity index (χ2v) is 5.97. The molecule has 0 radical (unpaired) electrons. The Morgan fingerprint density at radius 1 is 1.37 bits per heavy atom. The molecule has 1 amide bonds. The first-order valence-electron chi connectivity index (χ1n) is 6.63. The first kappa shape index (κ1) is 14.0. The van der Waals surface area contributed by atoms with Gasteiger partial charge >= 0.3 is 0 Å². The third kappa shape index (κ3) is 2.95. The van der Waals surface area contributed by atoms with Crippen LogP contribution in [0.25, 0.3) is 0 Å². The average Bonchev–Trinajstić information content (AvgIpc) is 3.17. The van der Waals surface area contributed by atoms with E-state index in [2.05, 4.69) is 43.4 Å². The summed E-state index contributed by atoms with van der Waals surface area (Å²) in [6.07, 6.45) is 1.56. The van der Waals surface area contributed by atoms with Crippen LogP contribution in [-0.4, -0.2) is 10.9 Å². The second-order valence-electron chi connectivity index (χ2n) is 5.53. The van der Waals surface area contributed by atoms with Crippen LogP contribution in [0.5, 0.6) is 0 Å². The van der Waals surface area contributed by atoms with Crippen LogP contribution in [0.4, 0.5) is 0 Å². The van der Waals surface area contributed by atoms with Crippen molar-refractivity contribution in [3.05, 3.63) is 35.4 Å². The molecule has 0 bridgehead atoms. The minimum Gasteiger partial charge on any atom is -0.392 e. The lowest BCUT2D eigenvalue weighted by Crippen LogP contribution is -2.39. The summed E-state index contributed by atoms with van der Waals surface area (Å²) >= 11 is 4.96. The number of carbonyl (C=O) groups is 1. The maximum Gasteiger partial charge on any atom is 0.233 e. The van der Waals surface area contributed by atoms with E-state index in [0.717, 1.165) is 18.4 Å². The van der Waals surface area contributed by atoms with E-state index >= 15 is 0 Å². The molecule has 1 saturated carbocycles. The van der Waals surface area contributed by atoms with Gasteiger partial charge in [0.1, 0.15) is 0 Å². The summed E-state index contributed by atoms with van der Waals surface area (Å²) in [4.78, 5) is 12.4. The number of hydrogen-bond donors (Lipinski definition) is 2. The molecule has 2 rings (SSSR count). The van der Waals surface area contributed by atoms with Crippen molar-refractivity contribution in [2.75, 3.05) is 0 Å². The highest BCUT2D eigenvalue weighted by atomic mass is 32.1. The number of nitrogens with one attached hydrogen (secondary N) is 1. The Hall–Kier alpha value is -1.42. The van der Waals surface area contributed by atoms with Crippen LogP contribution >= 0.6 is 12.2 Å². The van der Waals surface area contributed by atoms with Gasteiger partial charge in [0, 0.05) is 6.54 Å². The van der Waals surface area contributed by atoms with E-state index in [1.165, 1.54) is 5.56 Å². The molecule has 0 unspecified atom stereocenters. The Bertz CT molecular complexity index is 489. The molecule has 0 aromatic heterocycles. The van der Waals surface area contributed by atoms with Gasteiger partial charge in [-0.3, -0.25) is 4.79 Å². The molecule has 0 atom stereocenters. The molecule has 0 spiro atoms. The van der Waals surface area contributed by atoms with Gasteiger partial charge in [-0.25, -0.2) is 0 Å². The topological polar surface area (TPSA) is 55.1 Å². The molecule has 19 heavy (non-hydrogen) atoms. The number of rotatable bonds is 5. The highest BCUT2D eigenvalue weighted by Crippen LogP contribution is 2.46. The maximum atomic E-state index is 12.0. The maximum absolute atomic E-state index is 12.0. The van der Waals surface area contributed by atoms with Crippen LogP contribution in [-0.2, 0) is 11.3 Å². The Balaban J connectivity index is 1.92. The zero-order valence-electron chi connectivity index (χ0n) is 11.4. The monoisotopic (exact) mass is 276 g/mol. The van der Waals surface area contributed by atoms with Crippen LogP contribution < -0.4 is 11.1 Å². The molecule has 1 aromatic rings. The number of hydrogen-bond acceptors (Lipinski definition) is 2. The van der Waals surface area contributed by atoms with Crippen molar-refractivity contribution in [1.29, 1.82) is 0 Å². The van der Waals surface area contributed by atoms with E-state index in [1.807, 2.05) is 0 Å². The van der Waals surface area contributed by atoms with Crippen LogP contribution in [0.15, 0.2) is 24.3 Å². The van der Waals surface area contributed by atoms with Crippen LogP contribution in [0.2, 0.25) is 0 Å². The number of benzene rings is 1. The summed E-state index contributed by atoms with van der Waals surface area (Å²) in [6, 6.07) is 8.31. The lowest BCUT2D eigenvalue weighted by atomic mass is 10.0. The number of amides is 1. The molecule has 0 heterocycles. The van der Waals surface area contributed by atoms with Gasteiger partial charge in [-0.1, -0.05) is 50.3 Å². The highest BCUT2D eigenvalue weighted by molar-refractivity contribution is 7.80. The SMILES string of the molecule is CC(C)c1ccc(CNC(=O)C2(C(N)=S)CC2)cc1. The Morgan fingerprint density at radius 2 is 1.95 bits per heavy atom. The van der Waals surface area contributed by atoms with Crippen LogP contribution in [0.1, 0.15) is 43.7 Å². The molecular weight excluding hydrogens is 256 g/mol. The molecule has 0 saturated heterocycles.